The Kier molecular flexibility index (Phi) is 3.72. The van der Waals surface area contributed by atoms with Gasteiger partial charge in [0.15, 0.2) is 11.5 Å². The van der Waals surface area contributed by atoms with Crippen LogP contribution in [-0.2, 0) is 0 Å². The molecular weight excluding hydrogens is 306 g/mol. The van der Waals surface area contributed by atoms with Gasteiger partial charge < -0.3 is 14.8 Å². The largest absolute Gasteiger partial charge is 0.493 e. The molecule has 0 saturated heterocycles. The standard InChI is InChI=1S/C15H20BrNO2/c1-18-14-6-12(13(16)7-15(14)19-2)11-5-9(11)8-17-10-3-4-10/h6-7,9-11,17H,3-5,8H2,1-2H3. The van der Waals surface area contributed by atoms with E-state index in [0.717, 1.165) is 34.5 Å². The van der Waals surface area contributed by atoms with Crippen LogP contribution in [0.5, 0.6) is 11.5 Å². The van der Waals surface area contributed by atoms with E-state index in [9.17, 15) is 0 Å². The van der Waals surface area contributed by atoms with E-state index in [4.69, 9.17) is 9.47 Å². The third-order valence-electron chi connectivity index (χ3n) is 4.07. The van der Waals surface area contributed by atoms with Crippen molar-refractivity contribution < 1.29 is 9.47 Å². The highest BCUT2D eigenvalue weighted by atomic mass is 79.9. The molecule has 0 radical (unpaired) electrons. The van der Waals surface area contributed by atoms with Crippen molar-refractivity contribution in [2.75, 3.05) is 20.8 Å². The van der Waals surface area contributed by atoms with Gasteiger partial charge in [-0.2, -0.15) is 0 Å². The Morgan fingerprint density at radius 2 is 1.89 bits per heavy atom. The second kappa shape index (κ2) is 5.33. The van der Waals surface area contributed by atoms with Gasteiger partial charge in [0.05, 0.1) is 14.2 Å². The quantitative estimate of drug-likeness (QED) is 0.870. The molecule has 2 aliphatic carbocycles. The molecule has 104 valence electrons. The summed E-state index contributed by atoms with van der Waals surface area (Å²) in [5, 5.41) is 3.62. The molecule has 3 rings (SSSR count). The van der Waals surface area contributed by atoms with Gasteiger partial charge in [-0.3, -0.25) is 0 Å². The van der Waals surface area contributed by atoms with Crippen molar-refractivity contribution >= 4 is 15.9 Å². The van der Waals surface area contributed by atoms with Crippen molar-refractivity contribution in [2.45, 2.75) is 31.2 Å². The predicted octanol–water partition coefficient (Wildman–Crippen LogP) is 3.32. The van der Waals surface area contributed by atoms with Gasteiger partial charge in [0.2, 0.25) is 0 Å². The Morgan fingerprint density at radius 1 is 1.21 bits per heavy atom. The van der Waals surface area contributed by atoms with Crippen LogP contribution in [0.15, 0.2) is 16.6 Å². The van der Waals surface area contributed by atoms with E-state index in [1.54, 1.807) is 14.2 Å². The first kappa shape index (κ1) is 13.3. The molecule has 2 atom stereocenters. The van der Waals surface area contributed by atoms with Crippen molar-refractivity contribution in [3.05, 3.63) is 22.2 Å². The zero-order valence-electron chi connectivity index (χ0n) is 11.4. The average molecular weight is 326 g/mol. The van der Waals surface area contributed by atoms with Gasteiger partial charge in [0, 0.05) is 10.5 Å². The summed E-state index contributed by atoms with van der Waals surface area (Å²) in [5.74, 6) is 3.03. The highest BCUT2D eigenvalue weighted by Crippen LogP contribution is 2.51. The Balaban J connectivity index is 1.70. The van der Waals surface area contributed by atoms with Gasteiger partial charge >= 0.3 is 0 Å². The SMILES string of the molecule is COc1cc(Br)c(C2CC2CNC2CC2)cc1OC. The number of rotatable bonds is 6. The van der Waals surface area contributed by atoms with Crippen molar-refractivity contribution in [1.82, 2.24) is 5.32 Å². The molecule has 2 saturated carbocycles. The molecule has 0 aliphatic heterocycles. The molecule has 2 aliphatic rings. The summed E-state index contributed by atoms with van der Waals surface area (Å²) >= 11 is 3.66. The Bertz CT molecular complexity index is 473. The predicted molar refractivity (Wildman–Crippen MR) is 79.1 cm³/mol. The van der Waals surface area contributed by atoms with Gasteiger partial charge in [-0.05, 0) is 55.3 Å². The minimum atomic E-state index is 0.653. The van der Waals surface area contributed by atoms with E-state index in [2.05, 4.69) is 27.3 Å². The Morgan fingerprint density at radius 3 is 2.53 bits per heavy atom. The third-order valence-corrected chi connectivity index (χ3v) is 4.76. The minimum Gasteiger partial charge on any atom is -0.493 e. The molecule has 19 heavy (non-hydrogen) atoms. The highest BCUT2D eigenvalue weighted by molar-refractivity contribution is 9.10. The van der Waals surface area contributed by atoms with Gasteiger partial charge in [-0.25, -0.2) is 0 Å². The number of hydrogen-bond donors (Lipinski definition) is 1. The molecule has 2 fully saturated rings. The van der Waals surface area contributed by atoms with Crippen LogP contribution in [0.1, 0.15) is 30.7 Å². The van der Waals surface area contributed by atoms with Crippen LogP contribution in [0.25, 0.3) is 0 Å². The lowest BCUT2D eigenvalue weighted by Crippen LogP contribution is -2.19. The summed E-state index contributed by atoms with van der Waals surface area (Å²) < 4.78 is 11.8. The zero-order valence-corrected chi connectivity index (χ0v) is 13.0. The topological polar surface area (TPSA) is 30.5 Å². The maximum absolute atomic E-state index is 5.39. The Labute approximate surface area is 122 Å². The summed E-state index contributed by atoms with van der Waals surface area (Å²) in [6.45, 7) is 1.15. The van der Waals surface area contributed by atoms with Crippen molar-refractivity contribution in [1.29, 1.82) is 0 Å². The summed E-state index contributed by atoms with van der Waals surface area (Å²) in [6.07, 6.45) is 3.99. The lowest BCUT2D eigenvalue weighted by atomic mass is 10.1. The molecule has 0 bridgehead atoms. The lowest BCUT2D eigenvalue weighted by molar-refractivity contribution is 0.354. The highest BCUT2D eigenvalue weighted by Gasteiger charge is 2.40. The van der Waals surface area contributed by atoms with Crippen LogP contribution in [0.2, 0.25) is 0 Å². The fraction of sp³-hybridized carbons (Fsp3) is 0.600. The number of ether oxygens (including phenoxy) is 2. The van der Waals surface area contributed by atoms with Crippen LogP contribution in [0.3, 0.4) is 0 Å². The maximum atomic E-state index is 5.39. The number of hydrogen-bond acceptors (Lipinski definition) is 3. The monoisotopic (exact) mass is 325 g/mol. The summed E-state index contributed by atoms with van der Waals surface area (Å²) in [5.41, 5.74) is 1.35. The van der Waals surface area contributed by atoms with Gasteiger partial charge in [-0.15, -0.1) is 0 Å². The first-order valence-corrected chi connectivity index (χ1v) is 7.67. The van der Waals surface area contributed by atoms with E-state index in [-0.39, 0.29) is 0 Å². The molecule has 1 aromatic carbocycles. The maximum Gasteiger partial charge on any atom is 0.161 e. The van der Waals surface area contributed by atoms with E-state index >= 15 is 0 Å². The summed E-state index contributed by atoms with van der Waals surface area (Å²) in [6, 6.07) is 4.93. The molecule has 0 heterocycles. The lowest BCUT2D eigenvalue weighted by Gasteiger charge is -2.12. The van der Waals surface area contributed by atoms with Crippen molar-refractivity contribution in [3.63, 3.8) is 0 Å². The first-order chi connectivity index (χ1) is 9.22. The molecule has 0 aromatic heterocycles. The number of nitrogens with one attached hydrogen (secondary N) is 1. The number of halogens is 1. The van der Waals surface area contributed by atoms with Gasteiger partial charge in [0.1, 0.15) is 0 Å². The molecular formula is C15H20BrNO2. The second-order valence-electron chi connectivity index (χ2n) is 5.51. The molecule has 3 nitrogen and oxygen atoms in total. The fourth-order valence-electron chi connectivity index (χ4n) is 2.61. The molecule has 0 amide bonds. The molecule has 1 N–H and O–H groups in total. The van der Waals surface area contributed by atoms with E-state index in [1.807, 2.05) is 6.07 Å². The summed E-state index contributed by atoms with van der Waals surface area (Å²) in [7, 11) is 3.36. The summed E-state index contributed by atoms with van der Waals surface area (Å²) in [4.78, 5) is 0. The van der Waals surface area contributed by atoms with Gasteiger partial charge in [0.25, 0.3) is 0 Å². The van der Waals surface area contributed by atoms with Crippen molar-refractivity contribution in [3.8, 4) is 11.5 Å². The van der Waals surface area contributed by atoms with E-state index in [0.29, 0.717) is 5.92 Å². The molecule has 4 heteroatoms. The second-order valence-corrected chi connectivity index (χ2v) is 6.37. The molecule has 2 unspecified atom stereocenters. The smallest absolute Gasteiger partial charge is 0.161 e. The van der Waals surface area contributed by atoms with Crippen LogP contribution in [-0.4, -0.2) is 26.8 Å². The van der Waals surface area contributed by atoms with E-state index < -0.39 is 0 Å². The minimum absolute atomic E-state index is 0.653. The van der Waals surface area contributed by atoms with Crippen LogP contribution < -0.4 is 14.8 Å². The van der Waals surface area contributed by atoms with Crippen molar-refractivity contribution in [2.24, 2.45) is 5.92 Å². The van der Waals surface area contributed by atoms with E-state index in [1.165, 1.54) is 24.8 Å². The number of benzene rings is 1. The zero-order chi connectivity index (χ0) is 13.4. The van der Waals surface area contributed by atoms with Crippen LogP contribution in [0.4, 0.5) is 0 Å². The normalized spacial score (nSPS) is 25.2. The van der Waals surface area contributed by atoms with Crippen LogP contribution in [0, 0.1) is 5.92 Å². The fourth-order valence-corrected chi connectivity index (χ4v) is 3.23. The Hall–Kier alpha value is -0.740. The van der Waals surface area contributed by atoms with Gasteiger partial charge in [-0.1, -0.05) is 15.9 Å². The first-order valence-electron chi connectivity index (χ1n) is 6.87. The molecule has 1 aromatic rings. The average Bonchev–Trinajstić information content (AvgIpc) is 3.30. The molecule has 0 spiro atoms. The van der Waals surface area contributed by atoms with Crippen LogP contribution >= 0.6 is 15.9 Å². The number of methoxy groups -OCH3 is 2. The third kappa shape index (κ3) is 2.90.